The summed E-state index contributed by atoms with van der Waals surface area (Å²) in [5.41, 5.74) is 6.93. The third-order valence-electron chi connectivity index (χ3n) is 3.58. The van der Waals surface area contributed by atoms with Gasteiger partial charge < -0.3 is 10.5 Å². The first-order valence-electron chi connectivity index (χ1n) is 6.95. The summed E-state index contributed by atoms with van der Waals surface area (Å²) in [6.07, 6.45) is 4.20. The molecule has 4 nitrogen and oxygen atoms in total. The van der Waals surface area contributed by atoms with E-state index in [1.54, 1.807) is 0 Å². The van der Waals surface area contributed by atoms with E-state index in [1.165, 1.54) is 11.3 Å². The third-order valence-corrected chi connectivity index (χ3v) is 4.85. The van der Waals surface area contributed by atoms with Crippen molar-refractivity contribution in [1.82, 2.24) is 4.98 Å². The number of esters is 1. The van der Waals surface area contributed by atoms with Gasteiger partial charge in [0, 0.05) is 0 Å². The Morgan fingerprint density at radius 3 is 2.63 bits per heavy atom. The highest BCUT2D eigenvalue weighted by Gasteiger charge is 2.36. The SMILES string of the molecule is CCOC(=O)c1sc(C2(N)CCCC2)nc1C(C)C. The second kappa shape index (κ2) is 5.59. The Hall–Kier alpha value is -0.940. The number of hydrogen-bond acceptors (Lipinski definition) is 5. The number of hydrogen-bond donors (Lipinski definition) is 1. The predicted octanol–water partition coefficient (Wildman–Crippen LogP) is 3.17. The highest BCUT2D eigenvalue weighted by molar-refractivity contribution is 7.13. The molecule has 19 heavy (non-hydrogen) atoms. The van der Waals surface area contributed by atoms with E-state index in [4.69, 9.17) is 10.5 Å². The fourth-order valence-electron chi connectivity index (χ4n) is 2.50. The Bertz CT molecular complexity index is 462. The Balaban J connectivity index is 2.37. The van der Waals surface area contributed by atoms with Crippen LogP contribution in [0.15, 0.2) is 0 Å². The minimum absolute atomic E-state index is 0.203. The maximum Gasteiger partial charge on any atom is 0.350 e. The van der Waals surface area contributed by atoms with Crippen molar-refractivity contribution in [3.05, 3.63) is 15.6 Å². The van der Waals surface area contributed by atoms with Gasteiger partial charge in [-0.1, -0.05) is 26.7 Å². The van der Waals surface area contributed by atoms with Gasteiger partial charge in [0.2, 0.25) is 0 Å². The molecule has 1 aliphatic rings. The van der Waals surface area contributed by atoms with Gasteiger partial charge in [-0.15, -0.1) is 11.3 Å². The molecule has 0 aromatic carbocycles. The summed E-state index contributed by atoms with van der Waals surface area (Å²) in [4.78, 5) is 17.3. The number of carbonyl (C=O) groups excluding carboxylic acids is 1. The zero-order valence-corrected chi connectivity index (χ0v) is 12.7. The largest absolute Gasteiger partial charge is 0.462 e. The molecule has 0 amide bonds. The number of nitrogens with zero attached hydrogens (tertiary/aromatic N) is 1. The van der Waals surface area contributed by atoms with Crippen LogP contribution >= 0.6 is 11.3 Å². The molecule has 1 aromatic heterocycles. The monoisotopic (exact) mass is 282 g/mol. The molecule has 5 heteroatoms. The van der Waals surface area contributed by atoms with Gasteiger partial charge in [-0.05, 0) is 25.7 Å². The lowest BCUT2D eigenvalue weighted by Gasteiger charge is -2.19. The zero-order chi connectivity index (χ0) is 14.0. The van der Waals surface area contributed by atoms with Crippen molar-refractivity contribution in [2.75, 3.05) is 6.61 Å². The maximum atomic E-state index is 12.0. The first kappa shape index (κ1) is 14.5. The Morgan fingerprint density at radius 2 is 2.11 bits per heavy atom. The molecule has 0 atom stereocenters. The van der Waals surface area contributed by atoms with E-state index in [2.05, 4.69) is 4.98 Å². The van der Waals surface area contributed by atoms with E-state index in [0.717, 1.165) is 36.4 Å². The van der Waals surface area contributed by atoms with Crippen molar-refractivity contribution in [3.63, 3.8) is 0 Å². The molecule has 1 fully saturated rings. The van der Waals surface area contributed by atoms with Gasteiger partial charge in [0.1, 0.15) is 9.88 Å². The van der Waals surface area contributed by atoms with Gasteiger partial charge in [0.15, 0.2) is 0 Å². The summed E-state index contributed by atoms with van der Waals surface area (Å²) in [5, 5.41) is 0.900. The van der Waals surface area contributed by atoms with Crippen LogP contribution in [0.2, 0.25) is 0 Å². The van der Waals surface area contributed by atoms with Crippen LogP contribution in [0, 0.1) is 0 Å². The standard InChI is InChI=1S/C14H22N2O2S/c1-4-18-12(17)11-10(9(2)3)16-13(19-11)14(15)7-5-6-8-14/h9H,4-8,15H2,1-3H3. The molecule has 1 saturated carbocycles. The Morgan fingerprint density at radius 1 is 1.47 bits per heavy atom. The second-order valence-corrected chi connectivity index (χ2v) is 6.47. The van der Waals surface area contributed by atoms with E-state index in [-0.39, 0.29) is 17.4 Å². The lowest BCUT2D eigenvalue weighted by Crippen LogP contribution is -2.32. The molecule has 1 aromatic rings. The molecule has 1 aliphatic carbocycles. The van der Waals surface area contributed by atoms with Gasteiger partial charge in [-0.2, -0.15) is 0 Å². The molecule has 2 rings (SSSR count). The molecule has 2 N–H and O–H groups in total. The lowest BCUT2D eigenvalue weighted by molar-refractivity contribution is 0.0530. The molecule has 0 radical (unpaired) electrons. The van der Waals surface area contributed by atoms with Crippen LogP contribution in [0.3, 0.4) is 0 Å². The van der Waals surface area contributed by atoms with Crippen LogP contribution < -0.4 is 5.73 Å². The minimum atomic E-state index is -0.334. The molecule has 0 unspecified atom stereocenters. The minimum Gasteiger partial charge on any atom is -0.462 e. The number of carbonyl (C=O) groups is 1. The third kappa shape index (κ3) is 2.82. The van der Waals surface area contributed by atoms with Gasteiger partial charge in [0.05, 0.1) is 17.8 Å². The highest BCUT2D eigenvalue weighted by atomic mass is 32.1. The van der Waals surface area contributed by atoms with Crippen molar-refractivity contribution in [3.8, 4) is 0 Å². The van der Waals surface area contributed by atoms with Gasteiger partial charge >= 0.3 is 5.97 Å². The van der Waals surface area contributed by atoms with E-state index in [0.29, 0.717) is 11.5 Å². The zero-order valence-electron chi connectivity index (χ0n) is 11.9. The van der Waals surface area contributed by atoms with Crippen LogP contribution in [0.4, 0.5) is 0 Å². The number of nitrogens with two attached hydrogens (primary N) is 1. The van der Waals surface area contributed by atoms with E-state index < -0.39 is 0 Å². The van der Waals surface area contributed by atoms with Crippen LogP contribution in [-0.4, -0.2) is 17.6 Å². The Kier molecular flexibility index (Phi) is 4.26. The smallest absolute Gasteiger partial charge is 0.350 e. The van der Waals surface area contributed by atoms with E-state index in [1.807, 2.05) is 20.8 Å². The van der Waals surface area contributed by atoms with Crippen molar-refractivity contribution < 1.29 is 9.53 Å². The molecular formula is C14H22N2O2S. The fourth-order valence-corrected chi connectivity index (χ4v) is 3.77. The molecule has 106 valence electrons. The van der Waals surface area contributed by atoms with Crippen molar-refractivity contribution >= 4 is 17.3 Å². The summed E-state index contributed by atoms with van der Waals surface area (Å²) in [5.74, 6) is -0.0639. The van der Waals surface area contributed by atoms with E-state index in [9.17, 15) is 4.79 Å². The average Bonchev–Trinajstić information content (AvgIpc) is 2.96. The maximum absolute atomic E-state index is 12.0. The first-order chi connectivity index (χ1) is 8.98. The number of aromatic nitrogens is 1. The van der Waals surface area contributed by atoms with E-state index >= 15 is 0 Å². The molecule has 0 aliphatic heterocycles. The molecule has 1 heterocycles. The van der Waals surface area contributed by atoms with Crippen molar-refractivity contribution in [2.24, 2.45) is 5.73 Å². The number of ether oxygens (including phenoxy) is 1. The fraction of sp³-hybridized carbons (Fsp3) is 0.714. The average molecular weight is 282 g/mol. The van der Waals surface area contributed by atoms with Gasteiger partial charge in [-0.3, -0.25) is 0 Å². The molecule has 0 spiro atoms. The van der Waals surface area contributed by atoms with Crippen LogP contribution in [0.1, 0.15) is 72.7 Å². The highest BCUT2D eigenvalue weighted by Crippen LogP contribution is 2.40. The van der Waals surface area contributed by atoms with Gasteiger partial charge in [-0.25, -0.2) is 9.78 Å². The van der Waals surface area contributed by atoms with Crippen molar-refractivity contribution in [1.29, 1.82) is 0 Å². The lowest BCUT2D eigenvalue weighted by atomic mass is 10.0. The second-order valence-electron chi connectivity index (χ2n) is 5.47. The topological polar surface area (TPSA) is 65.2 Å². The predicted molar refractivity (Wildman–Crippen MR) is 76.5 cm³/mol. The normalized spacial score (nSPS) is 17.9. The summed E-state index contributed by atoms with van der Waals surface area (Å²) in [6, 6.07) is 0. The summed E-state index contributed by atoms with van der Waals surface area (Å²) < 4.78 is 5.12. The number of thiazole rings is 1. The van der Waals surface area contributed by atoms with Crippen LogP contribution in [-0.2, 0) is 10.3 Å². The summed E-state index contributed by atoms with van der Waals surface area (Å²) in [6.45, 7) is 6.28. The summed E-state index contributed by atoms with van der Waals surface area (Å²) >= 11 is 1.42. The quantitative estimate of drug-likeness (QED) is 0.861. The number of rotatable bonds is 4. The summed E-state index contributed by atoms with van der Waals surface area (Å²) in [7, 11) is 0. The molecular weight excluding hydrogens is 260 g/mol. The molecule has 0 bridgehead atoms. The molecule has 0 saturated heterocycles. The van der Waals surface area contributed by atoms with Crippen molar-refractivity contribution in [2.45, 2.75) is 57.9 Å². The van der Waals surface area contributed by atoms with Gasteiger partial charge in [0.25, 0.3) is 0 Å². The first-order valence-corrected chi connectivity index (χ1v) is 7.77. The Labute approximate surface area is 118 Å². The van der Waals surface area contributed by atoms with Crippen LogP contribution in [0.25, 0.3) is 0 Å². The van der Waals surface area contributed by atoms with Crippen LogP contribution in [0.5, 0.6) is 0 Å².